The van der Waals surface area contributed by atoms with Crippen molar-refractivity contribution in [2.75, 3.05) is 18.6 Å². The zero-order valence-corrected chi connectivity index (χ0v) is 12.5. The number of rotatable bonds is 7. The predicted octanol–water partition coefficient (Wildman–Crippen LogP) is 2.88. The predicted molar refractivity (Wildman–Crippen MR) is 74.7 cm³/mol. The molecule has 0 aromatic carbocycles. The molecular weight excluding hydrogens is 278 g/mol. The summed E-state index contributed by atoms with van der Waals surface area (Å²) in [5, 5.41) is 3.19. The van der Waals surface area contributed by atoms with Gasteiger partial charge in [-0.3, -0.25) is 0 Å². The van der Waals surface area contributed by atoms with Gasteiger partial charge in [0.2, 0.25) is 0 Å². The maximum Gasteiger partial charge on any atom is 0.150 e. The number of hydrogen-bond donors (Lipinski definition) is 1. The molecule has 1 rings (SSSR count). The van der Waals surface area contributed by atoms with E-state index in [2.05, 4.69) is 5.32 Å². The van der Waals surface area contributed by atoms with Crippen LogP contribution in [0.3, 0.4) is 0 Å². The van der Waals surface area contributed by atoms with Gasteiger partial charge in [0.05, 0.1) is 10.1 Å². The zero-order valence-electron chi connectivity index (χ0n) is 10.1. The van der Waals surface area contributed by atoms with E-state index in [9.17, 15) is 8.42 Å². The van der Waals surface area contributed by atoms with Crippen LogP contribution in [0.15, 0.2) is 12.1 Å². The minimum absolute atomic E-state index is 0.194. The van der Waals surface area contributed by atoms with E-state index in [-0.39, 0.29) is 17.5 Å². The Morgan fingerprint density at radius 2 is 2.18 bits per heavy atom. The quantitative estimate of drug-likeness (QED) is 0.841. The Morgan fingerprint density at radius 3 is 2.65 bits per heavy atom. The molecule has 0 aliphatic carbocycles. The molecule has 0 bridgehead atoms. The summed E-state index contributed by atoms with van der Waals surface area (Å²) in [7, 11) is -0.969. The van der Waals surface area contributed by atoms with E-state index in [4.69, 9.17) is 11.6 Å². The van der Waals surface area contributed by atoms with Crippen LogP contribution in [0.1, 0.15) is 30.7 Å². The van der Waals surface area contributed by atoms with Crippen LogP contribution < -0.4 is 5.32 Å². The Morgan fingerprint density at radius 1 is 1.47 bits per heavy atom. The number of hydrogen-bond acceptors (Lipinski definition) is 4. The van der Waals surface area contributed by atoms with Crippen molar-refractivity contribution in [1.82, 2.24) is 5.32 Å². The first-order valence-electron chi connectivity index (χ1n) is 5.61. The number of thiophene rings is 1. The normalized spacial score (nSPS) is 13.8. The van der Waals surface area contributed by atoms with Crippen molar-refractivity contribution < 1.29 is 8.42 Å². The lowest BCUT2D eigenvalue weighted by Crippen LogP contribution is -2.17. The van der Waals surface area contributed by atoms with Gasteiger partial charge >= 0.3 is 0 Å². The lowest BCUT2D eigenvalue weighted by atomic mass is 10.1. The number of sulfone groups is 1. The molecule has 3 nitrogen and oxygen atoms in total. The highest BCUT2D eigenvalue weighted by Crippen LogP contribution is 2.29. The molecule has 0 amide bonds. The third-order valence-corrected chi connectivity index (χ3v) is 5.81. The van der Waals surface area contributed by atoms with Crippen molar-refractivity contribution in [3.05, 3.63) is 21.3 Å². The summed E-state index contributed by atoms with van der Waals surface area (Å²) in [6.45, 7) is 1.68. The van der Waals surface area contributed by atoms with Gasteiger partial charge in [-0.05, 0) is 32.0 Å². The maximum atomic E-state index is 11.4. The van der Waals surface area contributed by atoms with Crippen LogP contribution in [-0.4, -0.2) is 27.0 Å². The summed E-state index contributed by atoms with van der Waals surface area (Å²) < 4.78 is 23.5. The van der Waals surface area contributed by atoms with Gasteiger partial charge in [-0.2, -0.15) is 0 Å². The van der Waals surface area contributed by atoms with Crippen LogP contribution in [0.5, 0.6) is 0 Å². The molecule has 1 atom stereocenters. The molecule has 1 N–H and O–H groups in total. The number of halogens is 1. The molecule has 1 aromatic rings. The van der Waals surface area contributed by atoms with E-state index >= 15 is 0 Å². The van der Waals surface area contributed by atoms with Crippen LogP contribution in [0, 0.1) is 0 Å². The second kappa shape index (κ2) is 6.73. The third-order valence-electron chi connectivity index (χ3n) is 2.67. The monoisotopic (exact) mass is 295 g/mol. The lowest BCUT2D eigenvalue weighted by Gasteiger charge is -2.14. The van der Waals surface area contributed by atoms with Crippen molar-refractivity contribution >= 4 is 32.8 Å². The Bertz CT molecular complexity index is 442. The highest BCUT2D eigenvalue weighted by atomic mass is 35.5. The average Bonchev–Trinajstić information content (AvgIpc) is 2.71. The molecule has 0 spiro atoms. The van der Waals surface area contributed by atoms with Crippen LogP contribution in [0.4, 0.5) is 0 Å². The minimum Gasteiger partial charge on any atom is -0.312 e. The first-order valence-corrected chi connectivity index (χ1v) is 8.63. The van der Waals surface area contributed by atoms with Gasteiger partial charge in [0, 0.05) is 16.7 Å². The summed E-state index contributed by atoms with van der Waals surface area (Å²) in [5.74, 6) is 0.489. The van der Waals surface area contributed by atoms with E-state index in [1.165, 1.54) is 11.3 Å². The fraction of sp³-hybridized carbons (Fsp3) is 0.636. The first-order chi connectivity index (χ1) is 7.98. The topological polar surface area (TPSA) is 46.2 Å². The average molecular weight is 296 g/mol. The molecule has 0 fully saturated rings. The van der Waals surface area contributed by atoms with E-state index in [0.717, 1.165) is 15.6 Å². The van der Waals surface area contributed by atoms with Crippen LogP contribution in [-0.2, 0) is 9.84 Å². The second-order valence-corrected chi connectivity index (χ2v) is 8.08. The minimum atomic E-state index is -2.85. The van der Waals surface area contributed by atoms with Gasteiger partial charge in [-0.1, -0.05) is 18.5 Å². The molecule has 0 aliphatic heterocycles. The molecule has 0 radical (unpaired) electrons. The fourth-order valence-corrected chi connectivity index (χ4v) is 3.70. The highest BCUT2D eigenvalue weighted by Gasteiger charge is 2.13. The Kier molecular flexibility index (Phi) is 5.92. The van der Waals surface area contributed by atoms with Gasteiger partial charge in [-0.15, -0.1) is 11.3 Å². The maximum absolute atomic E-state index is 11.4. The van der Waals surface area contributed by atoms with E-state index < -0.39 is 9.84 Å². The Hall–Kier alpha value is -0.100. The van der Waals surface area contributed by atoms with E-state index in [1.54, 1.807) is 6.92 Å². The van der Waals surface area contributed by atoms with E-state index in [0.29, 0.717) is 6.42 Å². The summed E-state index contributed by atoms with van der Waals surface area (Å²) in [6, 6.07) is 4.05. The molecule has 0 saturated heterocycles. The van der Waals surface area contributed by atoms with Crippen LogP contribution in [0.25, 0.3) is 0 Å². The van der Waals surface area contributed by atoms with Crippen molar-refractivity contribution in [1.29, 1.82) is 0 Å². The molecule has 0 aliphatic rings. The smallest absolute Gasteiger partial charge is 0.150 e. The van der Waals surface area contributed by atoms with Gasteiger partial charge in [0.1, 0.15) is 9.84 Å². The summed E-state index contributed by atoms with van der Waals surface area (Å²) in [6.07, 6.45) is 1.49. The second-order valence-electron chi connectivity index (χ2n) is 3.86. The molecule has 1 aromatic heterocycles. The van der Waals surface area contributed by atoms with Gasteiger partial charge in [0.25, 0.3) is 0 Å². The van der Waals surface area contributed by atoms with Gasteiger partial charge < -0.3 is 5.32 Å². The van der Waals surface area contributed by atoms with Crippen LogP contribution >= 0.6 is 22.9 Å². The summed E-state index contributed by atoms with van der Waals surface area (Å²) in [5.41, 5.74) is 0. The number of nitrogens with one attached hydrogen (secondary N) is 1. The molecule has 1 heterocycles. The van der Waals surface area contributed by atoms with Crippen molar-refractivity contribution in [3.8, 4) is 0 Å². The standard InChI is InChI=1S/C11H18ClNO2S2/c1-3-17(14,15)8-4-5-9(13-2)10-6-7-11(12)16-10/h6-7,9,13H,3-5,8H2,1-2H3. The fourth-order valence-electron chi connectivity index (χ4n) is 1.60. The first kappa shape index (κ1) is 15.0. The molecule has 6 heteroatoms. The van der Waals surface area contributed by atoms with Crippen molar-refractivity contribution in [3.63, 3.8) is 0 Å². The van der Waals surface area contributed by atoms with E-state index in [1.807, 2.05) is 19.2 Å². The Labute approximate surface area is 112 Å². The largest absolute Gasteiger partial charge is 0.312 e. The molecule has 1 unspecified atom stereocenters. The molecule has 98 valence electrons. The SMILES string of the molecule is CCS(=O)(=O)CCCC(NC)c1ccc(Cl)s1. The Balaban J connectivity index is 2.49. The van der Waals surface area contributed by atoms with Crippen molar-refractivity contribution in [2.45, 2.75) is 25.8 Å². The molecule has 17 heavy (non-hydrogen) atoms. The van der Waals surface area contributed by atoms with Crippen LogP contribution in [0.2, 0.25) is 4.34 Å². The summed E-state index contributed by atoms with van der Waals surface area (Å²) >= 11 is 7.42. The molecule has 0 saturated carbocycles. The summed E-state index contributed by atoms with van der Waals surface area (Å²) in [4.78, 5) is 1.16. The van der Waals surface area contributed by atoms with Gasteiger partial charge in [0.15, 0.2) is 0 Å². The van der Waals surface area contributed by atoms with Crippen molar-refractivity contribution in [2.24, 2.45) is 0 Å². The lowest BCUT2D eigenvalue weighted by molar-refractivity contribution is 0.542. The molecular formula is C11H18ClNO2S2. The zero-order chi connectivity index (χ0) is 12.9. The third kappa shape index (κ3) is 4.95. The highest BCUT2D eigenvalue weighted by molar-refractivity contribution is 7.91. The van der Waals surface area contributed by atoms with Gasteiger partial charge in [-0.25, -0.2) is 8.42 Å².